The molecule has 1 unspecified atom stereocenters. The average Bonchev–Trinajstić information content (AvgIpc) is 2.73. The topological polar surface area (TPSA) is 52.6 Å². The molecule has 3 rings (SSSR count). The van der Waals surface area contributed by atoms with E-state index in [-0.39, 0.29) is 5.91 Å². The number of hydrogen-bond acceptors (Lipinski definition) is 3. The third kappa shape index (κ3) is 2.62. The van der Waals surface area contributed by atoms with E-state index >= 15 is 0 Å². The number of benzene rings is 1. The lowest BCUT2D eigenvalue weighted by molar-refractivity contribution is -0.123. The van der Waals surface area contributed by atoms with Crippen LogP contribution in [0.4, 0.5) is 11.4 Å². The third-order valence-corrected chi connectivity index (χ3v) is 5.05. The summed E-state index contributed by atoms with van der Waals surface area (Å²) in [5.41, 5.74) is 2.20. The van der Waals surface area contributed by atoms with Crippen LogP contribution in [0.2, 0.25) is 5.02 Å². The van der Waals surface area contributed by atoms with Gasteiger partial charge in [-0.05, 0) is 36.8 Å². The van der Waals surface area contributed by atoms with Crippen molar-refractivity contribution in [3.63, 3.8) is 0 Å². The summed E-state index contributed by atoms with van der Waals surface area (Å²) in [5.74, 6) is 1.12. The Labute approximate surface area is 130 Å². The van der Waals surface area contributed by atoms with Crippen LogP contribution in [0.3, 0.4) is 0 Å². The Morgan fingerprint density at radius 3 is 2.62 bits per heavy atom. The SMILES string of the molecule is CC(C)C1CCN(c2cc3c(cc2Cl)C(O)C(=O)N3)CC1. The van der Waals surface area contributed by atoms with Crippen LogP contribution in [-0.4, -0.2) is 24.1 Å². The van der Waals surface area contributed by atoms with Crippen LogP contribution in [0.5, 0.6) is 0 Å². The standard InChI is InChI=1S/C16H21ClN2O2/c1-9(2)10-3-5-19(6-4-10)14-8-13-11(7-12(14)17)15(20)16(21)18-13/h7-10,15,20H,3-6H2,1-2H3,(H,18,21). The van der Waals surface area contributed by atoms with Gasteiger partial charge in [0.15, 0.2) is 6.10 Å². The number of carbonyl (C=O) groups is 1. The molecular weight excluding hydrogens is 288 g/mol. The fourth-order valence-electron chi connectivity index (χ4n) is 3.30. The van der Waals surface area contributed by atoms with Crippen LogP contribution in [-0.2, 0) is 4.79 Å². The zero-order chi connectivity index (χ0) is 15.1. The Balaban J connectivity index is 1.82. The molecule has 2 heterocycles. The zero-order valence-electron chi connectivity index (χ0n) is 12.4. The molecule has 0 aliphatic carbocycles. The van der Waals surface area contributed by atoms with Gasteiger partial charge in [-0.2, -0.15) is 0 Å². The Morgan fingerprint density at radius 1 is 1.33 bits per heavy atom. The number of piperidine rings is 1. The minimum absolute atomic E-state index is 0.378. The van der Waals surface area contributed by atoms with E-state index in [1.807, 2.05) is 6.07 Å². The van der Waals surface area contributed by atoms with Gasteiger partial charge in [0.25, 0.3) is 5.91 Å². The molecule has 0 spiro atoms. The first-order valence-corrected chi connectivity index (χ1v) is 7.92. The quantitative estimate of drug-likeness (QED) is 0.882. The molecule has 1 aromatic rings. The first-order chi connectivity index (χ1) is 9.97. The van der Waals surface area contributed by atoms with Gasteiger partial charge in [-0.1, -0.05) is 25.4 Å². The molecule has 2 N–H and O–H groups in total. The normalized spacial score (nSPS) is 22.6. The number of nitrogens with one attached hydrogen (secondary N) is 1. The molecule has 0 radical (unpaired) electrons. The maximum Gasteiger partial charge on any atom is 0.257 e. The van der Waals surface area contributed by atoms with E-state index in [1.165, 1.54) is 12.8 Å². The Kier molecular flexibility index (Phi) is 3.84. The summed E-state index contributed by atoms with van der Waals surface area (Å²) < 4.78 is 0. The predicted molar refractivity (Wildman–Crippen MR) is 84.8 cm³/mol. The van der Waals surface area contributed by atoms with Crippen LogP contribution in [0.25, 0.3) is 0 Å². The van der Waals surface area contributed by atoms with E-state index in [2.05, 4.69) is 24.1 Å². The maximum atomic E-state index is 11.5. The maximum absolute atomic E-state index is 11.5. The second-order valence-electron chi connectivity index (χ2n) is 6.35. The van der Waals surface area contributed by atoms with Gasteiger partial charge < -0.3 is 15.3 Å². The van der Waals surface area contributed by atoms with Crippen molar-refractivity contribution in [2.24, 2.45) is 11.8 Å². The highest BCUT2D eigenvalue weighted by Crippen LogP contribution is 2.40. The molecule has 2 aliphatic rings. The number of fused-ring (bicyclic) bond motifs is 1. The molecule has 1 atom stereocenters. The van der Waals surface area contributed by atoms with E-state index in [0.717, 1.165) is 30.6 Å². The summed E-state index contributed by atoms with van der Waals surface area (Å²) in [6.45, 7) is 6.52. The number of aliphatic hydroxyl groups excluding tert-OH is 1. The first kappa shape index (κ1) is 14.7. The van der Waals surface area contributed by atoms with Crippen LogP contribution in [0.15, 0.2) is 12.1 Å². The molecule has 0 aromatic heterocycles. The number of anilines is 2. The van der Waals surface area contributed by atoms with E-state index in [0.29, 0.717) is 16.3 Å². The van der Waals surface area contributed by atoms with E-state index in [1.54, 1.807) is 6.07 Å². The molecule has 21 heavy (non-hydrogen) atoms. The summed E-state index contributed by atoms with van der Waals surface area (Å²) in [6.07, 6.45) is 1.23. The Bertz CT molecular complexity index is 566. The summed E-state index contributed by atoms with van der Waals surface area (Å²) in [5, 5.41) is 13.1. The van der Waals surface area contributed by atoms with Crippen molar-refractivity contribution < 1.29 is 9.90 Å². The molecule has 5 heteroatoms. The van der Waals surface area contributed by atoms with Crippen molar-refractivity contribution in [1.82, 2.24) is 0 Å². The molecule has 0 bridgehead atoms. The number of amides is 1. The van der Waals surface area contributed by atoms with E-state index in [9.17, 15) is 9.90 Å². The number of rotatable bonds is 2. The van der Waals surface area contributed by atoms with Crippen LogP contribution in [0.1, 0.15) is 38.4 Å². The van der Waals surface area contributed by atoms with E-state index in [4.69, 9.17) is 11.6 Å². The van der Waals surface area contributed by atoms with E-state index < -0.39 is 6.10 Å². The smallest absolute Gasteiger partial charge is 0.257 e. The minimum Gasteiger partial charge on any atom is -0.378 e. The second kappa shape index (κ2) is 5.50. The van der Waals surface area contributed by atoms with Gasteiger partial charge in [0.2, 0.25) is 0 Å². The number of nitrogens with zero attached hydrogens (tertiary/aromatic N) is 1. The molecule has 1 aromatic carbocycles. The lowest BCUT2D eigenvalue weighted by Crippen LogP contribution is -2.35. The monoisotopic (exact) mass is 308 g/mol. The van der Waals surface area contributed by atoms with Crippen molar-refractivity contribution in [2.45, 2.75) is 32.8 Å². The molecule has 114 valence electrons. The predicted octanol–water partition coefficient (Wildman–Crippen LogP) is 3.20. The molecule has 1 saturated heterocycles. The van der Waals surface area contributed by atoms with Crippen LogP contribution >= 0.6 is 11.6 Å². The van der Waals surface area contributed by atoms with Gasteiger partial charge in [-0.3, -0.25) is 4.79 Å². The van der Waals surface area contributed by atoms with Crippen LogP contribution < -0.4 is 10.2 Å². The van der Waals surface area contributed by atoms with Crippen LogP contribution in [0, 0.1) is 11.8 Å². The first-order valence-electron chi connectivity index (χ1n) is 7.54. The molecular formula is C16H21ClN2O2. The lowest BCUT2D eigenvalue weighted by atomic mass is 9.86. The molecule has 0 saturated carbocycles. The molecule has 2 aliphatic heterocycles. The van der Waals surface area contributed by atoms with Crippen molar-refractivity contribution in [3.8, 4) is 0 Å². The van der Waals surface area contributed by atoms with Crippen molar-refractivity contribution in [2.75, 3.05) is 23.3 Å². The zero-order valence-corrected chi connectivity index (χ0v) is 13.2. The molecule has 1 amide bonds. The largest absolute Gasteiger partial charge is 0.378 e. The van der Waals surface area contributed by atoms with Gasteiger partial charge >= 0.3 is 0 Å². The molecule has 4 nitrogen and oxygen atoms in total. The Hall–Kier alpha value is -1.26. The average molecular weight is 309 g/mol. The van der Waals surface area contributed by atoms with Crippen molar-refractivity contribution in [3.05, 3.63) is 22.7 Å². The summed E-state index contributed by atoms with van der Waals surface area (Å²) in [6, 6.07) is 3.60. The highest BCUT2D eigenvalue weighted by molar-refractivity contribution is 6.33. The number of halogens is 1. The fourth-order valence-corrected chi connectivity index (χ4v) is 3.60. The highest BCUT2D eigenvalue weighted by Gasteiger charge is 2.31. The van der Waals surface area contributed by atoms with Crippen molar-refractivity contribution >= 4 is 28.9 Å². The van der Waals surface area contributed by atoms with Gasteiger partial charge in [0.05, 0.1) is 10.7 Å². The highest BCUT2D eigenvalue weighted by atomic mass is 35.5. The lowest BCUT2D eigenvalue weighted by Gasteiger charge is -2.36. The third-order valence-electron chi connectivity index (χ3n) is 4.74. The van der Waals surface area contributed by atoms with Gasteiger partial charge in [-0.25, -0.2) is 0 Å². The molecule has 1 fully saturated rings. The summed E-state index contributed by atoms with van der Waals surface area (Å²) in [4.78, 5) is 13.8. The number of hydrogen-bond donors (Lipinski definition) is 2. The van der Waals surface area contributed by atoms with Gasteiger partial charge in [0, 0.05) is 24.3 Å². The fraction of sp³-hybridized carbons (Fsp3) is 0.562. The minimum atomic E-state index is -1.10. The van der Waals surface area contributed by atoms with Crippen molar-refractivity contribution in [1.29, 1.82) is 0 Å². The van der Waals surface area contributed by atoms with Gasteiger partial charge in [0.1, 0.15) is 0 Å². The van der Waals surface area contributed by atoms with Gasteiger partial charge in [-0.15, -0.1) is 0 Å². The second-order valence-corrected chi connectivity index (χ2v) is 6.76. The number of carbonyl (C=O) groups excluding carboxylic acids is 1. The summed E-state index contributed by atoms with van der Waals surface area (Å²) in [7, 11) is 0. The summed E-state index contributed by atoms with van der Waals surface area (Å²) >= 11 is 6.36. The Morgan fingerprint density at radius 2 is 2.00 bits per heavy atom. The number of aliphatic hydroxyl groups is 1.